The minimum Gasteiger partial charge on any atom is -0.497 e. The Morgan fingerprint density at radius 3 is 2.70 bits per heavy atom. The molecule has 1 aliphatic rings. The maximum Gasteiger partial charge on any atom is 0.191 e. The summed E-state index contributed by atoms with van der Waals surface area (Å²) in [5.41, 5.74) is 2.26. The molecule has 0 spiro atoms. The Balaban J connectivity index is 0.00000306. The number of nitrogens with one attached hydrogen (secondary N) is 2. The summed E-state index contributed by atoms with van der Waals surface area (Å²) in [5, 5.41) is 9.32. The number of methoxy groups -OCH3 is 1. The zero-order chi connectivity index (χ0) is 22.2. The van der Waals surface area contributed by atoms with Crippen LogP contribution in [0.1, 0.15) is 37.1 Å². The van der Waals surface area contributed by atoms with Crippen LogP contribution in [0.4, 0.5) is 0 Å². The number of halogens is 1. The second-order valence-electron chi connectivity index (χ2n) is 8.09. The predicted molar refractivity (Wildman–Crippen MR) is 147 cm³/mol. The molecule has 0 amide bonds. The summed E-state index contributed by atoms with van der Waals surface area (Å²) < 4.78 is 5.47. The largest absolute Gasteiger partial charge is 0.497 e. The van der Waals surface area contributed by atoms with Crippen LogP contribution < -0.4 is 15.4 Å². The van der Waals surface area contributed by atoms with E-state index >= 15 is 0 Å². The lowest BCUT2D eigenvalue weighted by Gasteiger charge is -2.29. The molecular formula is C26H34IN5O. The predicted octanol–water partition coefficient (Wildman–Crippen LogP) is 4.75. The van der Waals surface area contributed by atoms with E-state index in [9.17, 15) is 0 Å². The van der Waals surface area contributed by atoms with Gasteiger partial charge in [-0.05, 0) is 62.0 Å². The molecule has 3 aromatic rings. The van der Waals surface area contributed by atoms with E-state index in [1.54, 1.807) is 7.11 Å². The summed E-state index contributed by atoms with van der Waals surface area (Å²) in [5.74, 6) is 1.71. The van der Waals surface area contributed by atoms with Crippen molar-refractivity contribution < 1.29 is 4.74 Å². The van der Waals surface area contributed by atoms with E-state index in [0.717, 1.165) is 49.0 Å². The van der Waals surface area contributed by atoms with Crippen LogP contribution in [0.2, 0.25) is 0 Å². The first kappa shape index (κ1) is 25.2. The number of benzene rings is 2. The zero-order valence-corrected chi connectivity index (χ0v) is 21.8. The van der Waals surface area contributed by atoms with Gasteiger partial charge in [0.2, 0.25) is 0 Å². The Bertz CT molecular complexity index is 1050. The molecule has 7 heteroatoms. The van der Waals surface area contributed by atoms with Gasteiger partial charge >= 0.3 is 0 Å². The summed E-state index contributed by atoms with van der Waals surface area (Å²) in [6, 6.07) is 19.1. The molecule has 176 valence electrons. The number of ether oxygens (including phenoxy) is 1. The smallest absolute Gasteiger partial charge is 0.191 e. The van der Waals surface area contributed by atoms with Crippen molar-refractivity contribution in [1.82, 2.24) is 20.5 Å². The molecule has 2 N–H and O–H groups in total. The SMILES string of the molecule is CCNC(=NCc1nccc2ccccc12)NCC(c1cccc(OC)c1)N1CCCC1.I. The van der Waals surface area contributed by atoms with E-state index in [1.807, 2.05) is 18.3 Å². The number of aliphatic imine (C=N–C) groups is 1. The molecule has 33 heavy (non-hydrogen) atoms. The average Bonchev–Trinajstić information content (AvgIpc) is 3.37. The zero-order valence-electron chi connectivity index (χ0n) is 19.5. The van der Waals surface area contributed by atoms with Gasteiger partial charge in [-0.25, -0.2) is 4.99 Å². The molecule has 2 heterocycles. The van der Waals surface area contributed by atoms with Gasteiger partial charge < -0.3 is 15.4 Å². The molecule has 0 bridgehead atoms. The first-order valence-electron chi connectivity index (χ1n) is 11.5. The molecule has 0 aliphatic carbocycles. The molecule has 1 fully saturated rings. The normalized spacial score (nSPS) is 15.2. The Kier molecular flexibility index (Phi) is 9.75. The molecule has 1 saturated heterocycles. The molecule has 6 nitrogen and oxygen atoms in total. The number of likely N-dealkylation sites (tertiary alicyclic amines) is 1. The van der Waals surface area contributed by atoms with Crippen LogP contribution in [0.3, 0.4) is 0 Å². The van der Waals surface area contributed by atoms with Crippen LogP contribution in [-0.2, 0) is 6.54 Å². The lowest BCUT2D eigenvalue weighted by molar-refractivity contribution is 0.245. The van der Waals surface area contributed by atoms with Crippen molar-refractivity contribution in [2.75, 3.05) is 33.3 Å². The highest BCUT2D eigenvalue weighted by molar-refractivity contribution is 14.0. The van der Waals surface area contributed by atoms with Crippen molar-refractivity contribution in [3.05, 3.63) is 72.1 Å². The van der Waals surface area contributed by atoms with Gasteiger partial charge in [-0.15, -0.1) is 24.0 Å². The summed E-state index contributed by atoms with van der Waals surface area (Å²) >= 11 is 0. The minimum absolute atomic E-state index is 0. The fourth-order valence-corrected chi connectivity index (χ4v) is 4.36. The number of hydrogen-bond acceptors (Lipinski definition) is 4. The van der Waals surface area contributed by atoms with Crippen LogP contribution in [0.25, 0.3) is 10.8 Å². The van der Waals surface area contributed by atoms with Crippen molar-refractivity contribution in [2.45, 2.75) is 32.4 Å². The first-order chi connectivity index (χ1) is 15.8. The van der Waals surface area contributed by atoms with E-state index in [1.165, 1.54) is 23.8 Å². The fourth-order valence-electron chi connectivity index (χ4n) is 4.36. The highest BCUT2D eigenvalue weighted by Gasteiger charge is 2.24. The first-order valence-corrected chi connectivity index (χ1v) is 11.5. The van der Waals surface area contributed by atoms with E-state index in [-0.39, 0.29) is 30.0 Å². The van der Waals surface area contributed by atoms with Gasteiger partial charge in [-0.1, -0.05) is 36.4 Å². The molecule has 1 unspecified atom stereocenters. The second-order valence-corrected chi connectivity index (χ2v) is 8.09. The van der Waals surface area contributed by atoms with E-state index in [2.05, 4.69) is 69.9 Å². The number of nitrogens with zero attached hydrogens (tertiary/aromatic N) is 3. The molecule has 0 saturated carbocycles. The topological polar surface area (TPSA) is 61.8 Å². The number of pyridine rings is 1. The lowest BCUT2D eigenvalue weighted by atomic mass is 10.1. The summed E-state index contributed by atoms with van der Waals surface area (Å²) in [6.45, 7) is 6.45. The van der Waals surface area contributed by atoms with Crippen molar-refractivity contribution >= 4 is 40.7 Å². The maximum atomic E-state index is 5.47. The van der Waals surface area contributed by atoms with Crippen molar-refractivity contribution in [3.8, 4) is 5.75 Å². The van der Waals surface area contributed by atoms with Gasteiger partial charge in [0.25, 0.3) is 0 Å². The van der Waals surface area contributed by atoms with E-state index in [4.69, 9.17) is 9.73 Å². The monoisotopic (exact) mass is 559 g/mol. The van der Waals surface area contributed by atoms with Crippen molar-refractivity contribution in [2.24, 2.45) is 4.99 Å². The third-order valence-corrected chi connectivity index (χ3v) is 6.01. The molecule has 1 aliphatic heterocycles. The number of aromatic nitrogens is 1. The highest BCUT2D eigenvalue weighted by atomic mass is 127. The van der Waals surface area contributed by atoms with Crippen molar-refractivity contribution in [3.63, 3.8) is 0 Å². The molecule has 1 aromatic heterocycles. The summed E-state index contributed by atoms with van der Waals surface area (Å²) in [7, 11) is 1.72. The Morgan fingerprint density at radius 1 is 1.09 bits per heavy atom. The van der Waals surface area contributed by atoms with Crippen LogP contribution >= 0.6 is 24.0 Å². The minimum atomic E-state index is 0. The molecule has 2 aromatic carbocycles. The molecule has 4 rings (SSSR count). The Labute approximate surface area is 213 Å². The van der Waals surface area contributed by atoms with Crippen LogP contribution in [0.5, 0.6) is 5.75 Å². The van der Waals surface area contributed by atoms with Crippen LogP contribution in [-0.4, -0.2) is 49.1 Å². The average molecular weight is 559 g/mol. The molecular weight excluding hydrogens is 525 g/mol. The van der Waals surface area contributed by atoms with Gasteiger partial charge in [-0.3, -0.25) is 9.88 Å². The number of hydrogen-bond donors (Lipinski definition) is 2. The second kappa shape index (κ2) is 12.7. The quantitative estimate of drug-likeness (QED) is 0.237. The lowest BCUT2D eigenvalue weighted by Crippen LogP contribution is -2.42. The Morgan fingerprint density at radius 2 is 1.91 bits per heavy atom. The highest BCUT2D eigenvalue weighted by Crippen LogP contribution is 2.27. The Hall–Kier alpha value is -2.39. The summed E-state index contributed by atoms with van der Waals surface area (Å²) in [4.78, 5) is 12.0. The molecule has 1 atom stereocenters. The third kappa shape index (κ3) is 6.57. The van der Waals surface area contributed by atoms with Gasteiger partial charge in [0.15, 0.2) is 5.96 Å². The fraction of sp³-hybridized carbons (Fsp3) is 0.385. The van der Waals surface area contributed by atoms with Crippen LogP contribution in [0.15, 0.2) is 65.8 Å². The van der Waals surface area contributed by atoms with Gasteiger partial charge in [0.05, 0.1) is 25.4 Å². The summed E-state index contributed by atoms with van der Waals surface area (Å²) in [6.07, 6.45) is 4.36. The van der Waals surface area contributed by atoms with Gasteiger partial charge in [0, 0.05) is 24.7 Å². The van der Waals surface area contributed by atoms with Gasteiger partial charge in [-0.2, -0.15) is 0 Å². The van der Waals surface area contributed by atoms with Crippen LogP contribution in [0, 0.1) is 0 Å². The number of rotatable bonds is 8. The van der Waals surface area contributed by atoms with Gasteiger partial charge in [0.1, 0.15) is 5.75 Å². The number of fused-ring (bicyclic) bond motifs is 1. The molecule has 0 radical (unpaired) electrons. The third-order valence-electron chi connectivity index (χ3n) is 6.01. The van der Waals surface area contributed by atoms with E-state index < -0.39 is 0 Å². The number of guanidine groups is 1. The van der Waals surface area contributed by atoms with Crippen molar-refractivity contribution in [1.29, 1.82) is 0 Å². The van der Waals surface area contributed by atoms with E-state index in [0.29, 0.717) is 6.54 Å². The standard InChI is InChI=1S/C26H33N5O.HI/c1-3-27-26(29-18-24-23-12-5-4-9-20(23)13-14-28-24)30-19-25(31-15-6-7-16-31)21-10-8-11-22(17-21)32-2;/h4-5,8-14,17,25H,3,6-7,15-16,18-19H2,1-2H3,(H2,27,29,30);1H. The maximum absolute atomic E-state index is 5.47.